The Kier molecular flexibility index (Phi) is 5.79. The highest BCUT2D eigenvalue weighted by atomic mass is 35.5. The molecule has 0 aliphatic carbocycles. The van der Waals surface area contributed by atoms with Crippen molar-refractivity contribution < 1.29 is 23.0 Å². The summed E-state index contributed by atoms with van der Waals surface area (Å²) >= 11 is 6.66. The van der Waals surface area contributed by atoms with Crippen LogP contribution in [-0.2, 0) is 25.2 Å². The quantitative estimate of drug-likeness (QED) is 0.444. The van der Waals surface area contributed by atoms with Gasteiger partial charge in [-0.05, 0) is 30.2 Å². The number of rotatable bonds is 5. The van der Waals surface area contributed by atoms with E-state index in [1.807, 2.05) is 6.92 Å². The van der Waals surface area contributed by atoms with Crippen LogP contribution in [0.4, 0.5) is 13.2 Å². The number of aryl methyl sites for hydroxylation is 1. The first-order valence-electron chi connectivity index (χ1n) is 10.0. The van der Waals surface area contributed by atoms with Gasteiger partial charge in [0.1, 0.15) is 5.69 Å². The van der Waals surface area contributed by atoms with Gasteiger partial charge in [-0.1, -0.05) is 30.7 Å². The van der Waals surface area contributed by atoms with Gasteiger partial charge in [0.25, 0.3) is 0 Å². The minimum Gasteiger partial charge on any atom is -0.481 e. The summed E-state index contributed by atoms with van der Waals surface area (Å²) in [5, 5.41) is 13.0. The highest BCUT2D eigenvalue weighted by Gasteiger charge is 2.39. The Bertz CT molecular complexity index is 1320. The van der Waals surface area contributed by atoms with Gasteiger partial charge < -0.3 is 14.4 Å². The zero-order valence-corrected chi connectivity index (χ0v) is 18.7. The summed E-state index contributed by atoms with van der Waals surface area (Å²) < 4.78 is 46.1. The van der Waals surface area contributed by atoms with Gasteiger partial charge >= 0.3 is 6.18 Å². The van der Waals surface area contributed by atoms with Gasteiger partial charge in [-0.3, -0.25) is 4.98 Å². The first-order chi connectivity index (χ1) is 15.6. The van der Waals surface area contributed by atoms with Crippen LogP contribution in [-0.4, -0.2) is 31.7 Å². The van der Waals surface area contributed by atoms with Gasteiger partial charge in [-0.25, -0.2) is 9.97 Å². The number of imidazole rings is 1. The molecule has 1 N–H and O–H groups in total. The summed E-state index contributed by atoms with van der Waals surface area (Å²) in [6.45, 7) is 1.92. The summed E-state index contributed by atoms with van der Waals surface area (Å²) in [5.74, 6) is 0.414. The van der Waals surface area contributed by atoms with E-state index in [0.29, 0.717) is 45.0 Å². The van der Waals surface area contributed by atoms with Gasteiger partial charge in [-0.15, -0.1) is 0 Å². The summed E-state index contributed by atoms with van der Waals surface area (Å²) in [4.78, 5) is 12.1. The number of aliphatic hydroxyl groups is 1. The number of hydrogen-bond donors (Lipinski definition) is 1. The van der Waals surface area contributed by atoms with Gasteiger partial charge in [0.2, 0.25) is 5.88 Å². The zero-order valence-electron chi connectivity index (χ0n) is 18.0. The van der Waals surface area contributed by atoms with E-state index in [-0.39, 0.29) is 5.56 Å². The number of nitrogens with zero attached hydrogens (tertiary/aromatic N) is 4. The van der Waals surface area contributed by atoms with Gasteiger partial charge in [0.15, 0.2) is 5.60 Å². The molecule has 1 aromatic carbocycles. The molecule has 0 saturated carbocycles. The Morgan fingerprint density at radius 3 is 2.39 bits per heavy atom. The lowest BCUT2D eigenvalue weighted by Crippen LogP contribution is -2.31. The standard InChI is InChI=1S/C23H20ClF3N4O2/c1-4-15-20(24)16-9-13(5-7-17(16)30-21(15)33-3)22(32,19-11-28-12-31(19)2)14-6-8-18(29-10-14)23(25,26)27/h5-12,32H,4H2,1-3H3. The van der Waals surface area contributed by atoms with E-state index in [9.17, 15) is 18.3 Å². The molecule has 3 aromatic heterocycles. The fourth-order valence-corrected chi connectivity index (χ4v) is 4.25. The van der Waals surface area contributed by atoms with E-state index in [1.54, 1.807) is 29.8 Å². The number of hydrogen-bond acceptors (Lipinski definition) is 5. The molecule has 3 heterocycles. The van der Waals surface area contributed by atoms with Crippen molar-refractivity contribution in [2.24, 2.45) is 7.05 Å². The number of halogens is 4. The highest BCUT2D eigenvalue weighted by Crippen LogP contribution is 2.40. The average Bonchev–Trinajstić information content (AvgIpc) is 3.24. The summed E-state index contributed by atoms with van der Waals surface area (Å²) in [7, 11) is 3.19. The molecular weight excluding hydrogens is 457 g/mol. The van der Waals surface area contributed by atoms with Crippen LogP contribution in [0, 0.1) is 0 Å². The Labute approximate surface area is 192 Å². The molecule has 6 nitrogen and oxygen atoms in total. The van der Waals surface area contributed by atoms with Crippen molar-refractivity contribution in [3.05, 3.63) is 82.2 Å². The Balaban J connectivity index is 1.97. The van der Waals surface area contributed by atoms with E-state index in [0.717, 1.165) is 12.3 Å². The first-order valence-corrected chi connectivity index (χ1v) is 10.4. The Hall–Kier alpha value is -3.17. The lowest BCUT2D eigenvalue weighted by Gasteiger charge is -2.30. The molecule has 172 valence electrons. The van der Waals surface area contributed by atoms with Crippen LogP contribution in [0.15, 0.2) is 49.1 Å². The molecule has 0 aliphatic heterocycles. The second kappa shape index (κ2) is 8.31. The summed E-state index contributed by atoms with van der Waals surface area (Å²) in [5.41, 5.74) is -0.782. The monoisotopic (exact) mass is 476 g/mol. The van der Waals surface area contributed by atoms with Crippen molar-refractivity contribution in [3.63, 3.8) is 0 Å². The number of methoxy groups -OCH3 is 1. The van der Waals surface area contributed by atoms with Crippen LogP contribution in [0.5, 0.6) is 5.88 Å². The topological polar surface area (TPSA) is 73.1 Å². The number of benzene rings is 1. The molecule has 4 rings (SSSR count). The van der Waals surface area contributed by atoms with Gasteiger partial charge in [0.05, 0.1) is 35.9 Å². The number of pyridine rings is 2. The van der Waals surface area contributed by atoms with Crippen LogP contribution in [0.3, 0.4) is 0 Å². The van der Waals surface area contributed by atoms with Crippen LogP contribution in [0.25, 0.3) is 10.9 Å². The molecule has 10 heteroatoms. The van der Waals surface area contributed by atoms with E-state index in [1.165, 1.54) is 25.7 Å². The molecule has 4 aromatic rings. The molecule has 0 spiro atoms. The van der Waals surface area contributed by atoms with Crippen molar-refractivity contribution in [2.45, 2.75) is 25.1 Å². The third-order valence-electron chi connectivity index (χ3n) is 5.60. The third kappa shape index (κ3) is 3.81. The number of ether oxygens (including phenoxy) is 1. The highest BCUT2D eigenvalue weighted by molar-refractivity contribution is 6.36. The lowest BCUT2D eigenvalue weighted by atomic mass is 9.83. The number of fused-ring (bicyclic) bond motifs is 1. The number of aromatic nitrogens is 4. The Morgan fingerprint density at radius 1 is 1.12 bits per heavy atom. The molecular formula is C23H20ClF3N4O2. The van der Waals surface area contributed by atoms with Crippen molar-refractivity contribution in [1.82, 2.24) is 19.5 Å². The maximum atomic E-state index is 13.1. The van der Waals surface area contributed by atoms with Gasteiger partial charge in [0, 0.05) is 29.8 Å². The largest absolute Gasteiger partial charge is 0.481 e. The molecule has 0 radical (unpaired) electrons. The van der Waals surface area contributed by atoms with Crippen molar-refractivity contribution >= 4 is 22.5 Å². The fourth-order valence-electron chi connectivity index (χ4n) is 3.89. The predicted octanol–water partition coefficient (Wildman–Crippen LogP) is 4.89. The predicted molar refractivity (Wildman–Crippen MR) is 117 cm³/mol. The maximum absolute atomic E-state index is 13.1. The molecule has 0 amide bonds. The normalized spacial score (nSPS) is 13.8. The van der Waals surface area contributed by atoms with Crippen LogP contribution >= 0.6 is 11.6 Å². The van der Waals surface area contributed by atoms with E-state index < -0.39 is 17.5 Å². The molecule has 33 heavy (non-hydrogen) atoms. The molecule has 0 aliphatic rings. The van der Waals surface area contributed by atoms with Crippen molar-refractivity contribution in [3.8, 4) is 5.88 Å². The summed E-state index contributed by atoms with van der Waals surface area (Å²) in [6, 6.07) is 7.04. The van der Waals surface area contributed by atoms with Crippen LogP contribution in [0.2, 0.25) is 5.02 Å². The van der Waals surface area contributed by atoms with Crippen molar-refractivity contribution in [2.75, 3.05) is 7.11 Å². The Morgan fingerprint density at radius 2 is 1.85 bits per heavy atom. The second-order valence-corrected chi connectivity index (χ2v) is 7.91. The lowest BCUT2D eigenvalue weighted by molar-refractivity contribution is -0.141. The van der Waals surface area contributed by atoms with Crippen LogP contribution < -0.4 is 4.74 Å². The van der Waals surface area contributed by atoms with E-state index in [2.05, 4.69) is 15.0 Å². The summed E-state index contributed by atoms with van der Waals surface area (Å²) in [6.07, 6.45) is -0.0586. The maximum Gasteiger partial charge on any atom is 0.433 e. The van der Waals surface area contributed by atoms with E-state index >= 15 is 0 Å². The molecule has 0 saturated heterocycles. The second-order valence-electron chi connectivity index (χ2n) is 7.53. The molecule has 0 fully saturated rings. The SMILES string of the molecule is CCc1c(OC)nc2ccc(C(O)(c3ccc(C(F)(F)F)nc3)c3cncn3C)cc2c1Cl. The smallest absolute Gasteiger partial charge is 0.433 e. The molecule has 1 unspecified atom stereocenters. The molecule has 0 bridgehead atoms. The minimum atomic E-state index is -4.60. The fraction of sp³-hybridized carbons (Fsp3) is 0.261. The van der Waals surface area contributed by atoms with Crippen LogP contribution in [0.1, 0.15) is 35.0 Å². The van der Waals surface area contributed by atoms with Gasteiger partial charge in [-0.2, -0.15) is 13.2 Å². The third-order valence-corrected chi connectivity index (χ3v) is 6.03. The first kappa shape index (κ1) is 23.0. The number of alkyl halides is 3. The minimum absolute atomic E-state index is 0.145. The average molecular weight is 477 g/mol. The molecule has 1 atom stereocenters. The zero-order chi connectivity index (χ0) is 24.0. The van der Waals surface area contributed by atoms with E-state index in [4.69, 9.17) is 16.3 Å². The van der Waals surface area contributed by atoms with Crippen molar-refractivity contribution in [1.29, 1.82) is 0 Å².